The number of amides is 1. The van der Waals surface area contributed by atoms with Crippen molar-refractivity contribution in [2.45, 2.75) is 20.3 Å². The Morgan fingerprint density at radius 3 is 2.71 bits per heavy atom. The molecule has 1 amide bonds. The first-order valence-electron chi connectivity index (χ1n) is 5.68. The van der Waals surface area contributed by atoms with Crippen molar-refractivity contribution >= 4 is 11.7 Å². The van der Waals surface area contributed by atoms with Crippen molar-refractivity contribution in [1.82, 2.24) is 20.9 Å². The summed E-state index contributed by atoms with van der Waals surface area (Å²) in [5.74, 6) is 0.322. The van der Waals surface area contributed by atoms with E-state index >= 15 is 0 Å². The highest BCUT2D eigenvalue weighted by Gasteiger charge is 2.14. The number of hydrogen-bond donors (Lipinski definition) is 3. The fraction of sp³-hybridized carbons (Fsp3) is 0.700. The Bertz CT molecular complexity index is 350. The van der Waals surface area contributed by atoms with E-state index in [-0.39, 0.29) is 17.4 Å². The Morgan fingerprint density at radius 2 is 2.12 bits per heavy atom. The van der Waals surface area contributed by atoms with Crippen molar-refractivity contribution in [1.29, 1.82) is 0 Å². The van der Waals surface area contributed by atoms with Gasteiger partial charge in [0.05, 0.1) is 0 Å². The van der Waals surface area contributed by atoms with Crippen LogP contribution in [0.2, 0.25) is 0 Å². The molecule has 0 saturated heterocycles. The van der Waals surface area contributed by atoms with Crippen LogP contribution < -0.4 is 16.4 Å². The zero-order valence-corrected chi connectivity index (χ0v) is 10.2. The van der Waals surface area contributed by atoms with Gasteiger partial charge in [0, 0.05) is 13.1 Å². The van der Waals surface area contributed by atoms with Gasteiger partial charge in [0.25, 0.3) is 5.91 Å². The number of nitrogens with zero attached hydrogens (tertiary/aromatic N) is 2. The van der Waals surface area contributed by atoms with Gasteiger partial charge in [-0.3, -0.25) is 4.79 Å². The summed E-state index contributed by atoms with van der Waals surface area (Å²) in [6.45, 7) is 6.52. The SMILES string of the molecule is CC(C)CCNCCNC(=O)c1nonc1N. The lowest BCUT2D eigenvalue weighted by atomic mass is 10.1. The Morgan fingerprint density at radius 1 is 1.35 bits per heavy atom. The van der Waals surface area contributed by atoms with E-state index in [9.17, 15) is 4.79 Å². The molecule has 96 valence electrons. The predicted octanol–water partition coefficient (Wildman–Crippen LogP) is 0.0173. The van der Waals surface area contributed by atoms with E-state index in [4.69, 9.17) is 5.73 Å². The lowest BCUT2D eigenvalue weighted by molar-refractivity contribution is 0.0944. The molecule has 0 bridgehead atoms. The van der Waals surface area contributed by atoms with Gasteiger partial charge in [-0.05, 0) is 29.2 Å². The summed E-state index contributed by atoms with van der Waals surface area (Å²) >= 11 is 0. The highest BCUT2D eigenvalue weighted by Crippen LogP contribution is 2.02. The van der Waals surface area contributed by atoms with Crippen LogP contribution in [0.5, 0.6) is 0 Å². The minimum Gasteiger partial charge on any atom is -0.379 e. The van der Waals surface area contributed by atoms with Gasteiger partial charge in [-0.2, -0.15) is 0 Å². The van der Waals surface area contributed by atoms with Crippen molar-refractivity contribution in [3.8, 4) is 0 Å². The molecule has 1 heterocycles. The zero-order valence-electron chi connectivity index (χ0n) is 10.2. The number of carbonyl (C=O) groups excluding carboxylic acids is 1. The molecule has 0 fully saturated rings. The number of hydrogen-bond acceptors (Lipinski definition) is 6. The molecule has 0 saturated carbocycles. The molecule has 4 N–H and O–H groups in total. The van der Waals surface area contributed by atoms with Crippen LogP contribution in [0.3, 0.4) is 0 Å². The number of aromatic nitrogens is 2. The van der Waals surface area contributed by atoms with Crippen LogP contribution in [0.15, 0.2) is 4.63 Å². The first kappa shape index (κ1) is 13.4. The molecule has 17 heavy (non-hydrogen) atoms. The Balaban J connectivity index is 2.11. The van der Waals surface area contributed by atoms with Gasteiger partial charge >= 0.3 is 0 Å². The summed E-state index contributed by atoms with van der Waals surface area (Å²) in [4.78, 5) is 11.5. The van der Waals surface area contributed by atoms with E-state index in [1.165, 1.54) is 0 Å². The fourth-order valence-corrected chi connectivity index (χ4v) is 1.22. The van der Waals surface area contributed by atoms with Gasteiger partial charge in [-0.1, -0.05) is 13.8 Å². The van der Waals surface area contributed by atoms with Gasteiger partial charge < -0.3 is 16.4 Å². The molecule has 7 nitrogen and oxygen atoms in total. The van der Waals surface area contributed by atoms with Crippen molar-refractivity contribution in [3.05, 3.63) is 5.69 Å². The second-order valence-electron chi connectivity index (χ2n) is 4.19. The van der Waals surface area contributed by atoms with E-state index < -0.39 is 0 Å². The zero-order chi connectivity index (χ0) is 12.7. The van der Waals surface area contributed by atoms with E-state index in [2.05, 4.69) is 39.4 Å². The third-order valence-electron chi connectivity index (χ3n) is 2.21. The van der Waals surface area contributed by atoms with E-state index in [1.54, 1.807) is 0 Å². The molecule has 0 radical (unpaired) electrons. The molecule has 0 aliphatic heterocycles. The van der Waals surface area contributed by atoms with E-state index in [0.29, 0.717) is 19.0 Å². The van der Waals surface area contributed by atoms with Crippen LogP contribution in [0.4, 0.5) is 5.82 Å². The number of rotatable bonds is 7. The average Bonchev–Trinajstić information content (AvgIpc) is 2.69. The van der Waals surface area contributed by atoms with Crippen LogP contribution >= 0.6 is 0 Å². The van der Waals surface area contributed by atoms with Crippen LogP contribution in [0.25, 0.3) is 0 Å². The van der Waals surface area contributed by atoms with Crippen LogP contribution in [0, 0.1) is 5.92 Å². The van der Waals surface area contributed by atoms with Crippen LogP contribution in [0.1, 0.15) is 30.8 Å². The highest BCUT2D eigenvalue weighted by atomic mass is 16.6. The van der Waals surface area contributed by atoms with Crippen molar-refractivity contribution < 1.29 is 9.42 Å². The largest absolute Gasteiger partial charge is 0.379 e. The minimum atomic E-state index is -0.366. The number of anilines is 1. The first-order chi connectivity index (χ1) is 8.11. The lowest BCUT2D eigenvalue weighted by Gasteiger charge is -2.07. The molecular formula is C10H19N5O2. The number of nitrogens with one attached hydrogen (secondary N) is 2. The summed E-state index contributed by atoms with van der Waals surface area (Å²) < 4.78 is 4.34. The number of carbonyl (C=O) groups is 1. The number of nitrogens with two attached hydrogens (primary N) is 1. The monoisotopic (exact) mass is 241 g/mol. The molecule has 0 aliphatic carbocycles. The minimum absolute atomic E-state index is 0.00951. The molecule has 0 atom stereocenters. The topological polar surface area (TPSA) is 106 Å². The number of nitrogen functional groups attached to an aromatic ring is 1. The maximum absolute atomic E-state index is 11.5. The molecule has 7 heteroatoms. The molecule has 0 aliphatic rings. The second kappa shape index (κ2) is 6.85. The predicted molar refractivity (Wildman–Crippen MR) is 63.4 cm³/mol. The Labute approximate surface area is 100 Å². The van der Waals surface area contributed by atoms with Gasteiger partial charge in [0.2, 0.25) is 11.5 Å². The quantitative estimate of drug-likeness (QED) is 0.581. The summed E-state index contributed by atoms with van der Waals surface area (Å²) in [5.41, 5.74) is 5.42. The van der Waals surface area contributed by atoms with Gasteiger partial charge in [-0.25, -0.2) is 4.63 Å². The van der Waals surface area contributed by atoms with E-state index in [1.807, 2.05) is 0 Å². The fourth-order valence-electron chi connectivity index (χ4n) is 1.22. The van der Waals surface area contributed by atoms with Gasteiger partial charge in [0.15, 0.2) is 0 Å². The van der Waals surface area contributed by atoms with Crippen molar-refractivity contribution in [3.63, 3.8) is 0 Å². The van der Waals surface area contributed by atoms with E-state index in [0.717, 1.165) is 13.0 Å². The summed E-state index contributed by atoms with van der Waals surface area (Å²) in [6, 6.07) is 0. The molecule has 0 spiro atoms. The molecule has 1 rings (SSSR count). The standard InChI is InChI=1S/C10H19N5O2/c1-7(2)3-4-12-5-6-13-10(16)8-9(11)15-17-14-8/h7,12H,3-6H2,1-2H3,(H2,11,15)(H,13,16). The third-order valence-corrected chi connectivity index (χ3v) is 2.21. The Hall–Kier alpha value is -1.63. The lowest BCUT2D eigenvalue weighted by Crippen LogP contribution is -2.33. The summed E-state index contributed by atoms with van der Waals surface area (Å²) in [7, 11) is 0. The molecular weight excluding hydrogens is 222 g/mol. The summed E-state index contributed by atoms with van der Waals surface area (Å²) in [6.07, 6.45) is 1.12. The molecule has 1 aromatic rings. The molecule has 1 aromatic heterocycles. The normalized spacial score (nSPS) is 10.8. The maximum Gasteiger partial charge on any atom is 0.277 e. The smallest absolute Gasteiger partial charge is 0.277 e. The Kier molecular flexibility index (Phi) is 5.41. The van der Waals surface area contributed by atoms with Gasteiger partial charge in [-0.15, -0.1) is 0 Å². The van der Waals surface area contributed by atoms with Crippen molar-refractivity contribution in [2.75, 3.05) is 25.4 Å². The maximum atomic E-state index is 11.5. The second-order valence-corrected chi connectivity index (χ2v) is 4.19. The highest BCUT2D eigenvalue weighted by molar-refractivity contribution is 5.95. The molecule has 0 aromatic carbocycles. The summed E-state index contributed by atoms with van der Waals surface area (Å²) in [5, 5.41) is 12.6. The van der Waals surface area contributed by atoms with Crippen LogP contribution in [-0.2, 0) is 0 Å². The third kappa shape index (κ3) is 4.81. The van der Waals surface area contributed by atoms with Crippen molar-refractivity contribution in [2.24, 2.45) is 5.92 Å². The molecule has 0 unspecified atom stereocenters. The van der Waals surface area contributed by atoms with Gasteiger partial charge in [0.1, 0.15) is 0 Å². The van der Waals surface area contributed by atoms with Crippen LogP contribution in [-0.4, -0.2) is 35.9 Å². The average molecular weight is 241 g/mol. The first-order valence-corrected chi connectivity index (χ1v) is 5.68.